The molecule has 3 aromatic rings. The number of benzene rings is 1. The van der Waals surface area contributed by atoms with Crippen LogP contribution in [0.2, 0.25) is 0 Å². The summed E-state index contributed by atoms with van der Waals surface area (Å²) in [6, 6.07) is 5.22. The predicted octanol–water partition coefficient (Wildman–Crippen LogP) is 0.504. The van der Waals surface area contributed by atoms with E-state index >= 15 is 0 Å². The van der Waals surface area contributed by atoms with Crippen molar-refractivity contribution in [3.05, 3.63) is 55.9 Å². The van der Waals surface area contributed by atoms with E-state index in [0.29, 0.717) is 6.54 Å². The van der Waals surface area contributed by atoms with Crippen LogP contribution in [-0.2, 0) is 13.5 Å². The molecule has 0 amide bonds. The van der Waals surface area contributed by atoms with Crippen LogP contribution in [0.15, 0.2) is 27.8 Å². The summed E-state index contributed by atoms with van der Waals surface area (Å²) < 4.78 is 6.32. The fourth-order valence-electron chi connectivity index (χ4n) is 3.47. The van der Waals surface area contributed by atoms with Crippen LogP contribution in [0.5, 0.6) is 11.6 Å². The molecule has 4 rings (SSSR count). The summed E-state index contributed by atoms with van der Waals surface area (Å²) in [6.07, 6.45) is 0.781. The first-order valence-electron chi connectivity index (χ1n) is 7.95. The van der Waals surface area contributed by atoms with Crippen LogP contribution in [0.1, 0.15) is 22.9 Å². The lowest BCUT2D eigenvalue weighted by Crippen LogP contribution is -2.38. The molecule has 0 radical (unpaired) electrons. The highest BCUT2D eigenvalue weighted by atomic mass is 16.5. The van der Waals surface area contributed by atoms with E-state index < -0.39 is 17.3 Å². The van der Waals surface area contributed by atoms with Gasteiger partial charge in [0.05, 0.1) is 13.2 Å². The van der Waals surface area contributed by atoms with Gasteiger partial charge in [0.2, 0.25) is 5.88 Å². The first-order valence-corrected chi connectivity index (χ1v) is 7.95. The lowest BCUT2D eigenvalue weighted by molar-refractivity contribution is 0.398. The summed E-state index contributed by atoms with van der Waals surface area (Å²) in [4.78, 5) is 29.6. The molecule has 0 saturated heterocycles. The zero-order valence-corrected chi connectivity index (χ0v) is 13.8. The van der Waals surface area contributed by atoms with E-state index in [9.17, 15) is 14.7 Å². The first kappa shape index (κ1) is 15.5. The van der Waals surface area contributed by atoms with Crippen molar-refractivity contribution in [1.82, 2.24) is 19.9 Å². The van der Waals surface area contributed by atoms with Gasteiger partial charge in [0.25, 0.3) is 5.56 Å². The Labute approximate surface area is 142 Å². The van der Waals surface area contributed by atoms with Crippen LogP contribution in [-0.4, -0.2) is 33.3 Å². The number of fused-ring (bicyclic) bond motifs is 3. The number of nitrogens with one attached hydrogen (secondary N) is 3. The Hall–Kier alpha value is -3.00. The Morgan fingerprint density at radius 2 is 2.08 bits per heavy atom. The Balaban J connectivity index is 1.96. The molecule has 1 aliphatic rings. The maximum absolute atomic E-state index is 12.3. The standard InChI is InChI=1S/C17H18N4O4/c1-21-16(23)12(15(22)20-17(21)24)14-13-9(5-6-18-14)10-7-8(25-2)3-4-11(10)19-13/h3-4,7,14,18-19,23H,5-6H2,1-2H3,(H,20,22,24). The number of ether oxygens (including phenoxy) is 1. The minimum atomic E-state index is -0.649. The molecule has 0 aliphatic carbocycles. The average molecular weight is 342 g/mol. The van der Waals surface area contributed by atoms with Gasteiger partial charge in [-0.15, -0.1) is 0 Å². The van der Waals surface area contributed by atoms with Crippen molar-refractivity contribution in [3.8, 4) is 11.6 Å². The van der Waals surface area contributed by atoms with Crippen LogP contribution in [0.25, 0.3) is 10.9 Å². The Kier molecular flexibility index (Phi) is 3.43. The molecule has 1 aromatic carbocycles. The number of aromatic amines is 2. The summed E-state index contributed by atoms with van der Waals surface area (Å²) in [6.45, 7) is 0.642. The van der Waals surface area contributed by atoms with Crippen molar-refractivity contribution in [3.63, 3.8) is 0 Å². The molecule has 0 fully saturated rings. The van der Waals surface area contributed by atoms with Gasteiger partial charge in [-0.25, -0.2) is 4.79 Å². The first-order chi connectivity index (χ1) is 12.0. The van der Waals surface area contributed by atoms with Gasteiger partial charge in [0, 0.05) is 30.2 Å². The molecule has 3 heterocycles. The average Bonchev–Trinajstić information content (AvgIpc) is 2.98. The summed E-state index contributed by atoms with van der Waals surface area (Å²) >= 11 is 0. The minimum Gasteiger partial charge on any atom is -0.497 e. The zero-order valence-electron chi connectivity index (χ0n) is 13.8. The summed E-state index contributed by atoms with van der Waals surface area (Å²) in [5, 5.41) is 14.6. The molecule has 1 atom stereocenters. The van der Waals surface area contributed by atoms with Gasteiger partial charge >= 0.3 is 5.69 Å². The topological polar surface area (TPSA) is 112 Å². The summed E-state index contributed by atoms with van der Waals surface area (Å²) in [5.41, 5.74) is 1.70. The second kappa shape index (κ2) is 5.52. The van der Waals surface area contributed by atoms with Crippen molar-refractivity contribution >= 4 is 10.9 Å². The van der Waals surface area contributed by atoms with E-state index in [2.05, 4.69) is 15.3 Å². The van der Waals surface area contributed by atoms with E-state index in [-0.39, 0.29) is 11.4 Å². The van der Waals surface area contributed by atoms with Crippen molar-refractivity contribution < 1.29 is 9.84 Å². The van der Waals surface area contributed by atoms with Crippen LogP contribution in [0.3, 0.4) is 0 Å². The van der Waals surface area contributed by atoms with E-state index in [1.54, 1.807) is 7.11 Å². The molecular formula is C17H18N4O4. The van der Waals surface area contributed by atoms with Gasteiger partial charge in [-0.2, -0.15) is 0 Å². The fraction of sp³-hybridized carbons (Fsp3) is 0.294. The van der Waals surface area contributed by atoms with Crippen LogP contribution < -0.4 is 21.3 Å². The number of aromatic nitrogens is 3. The van der Waals surface area contributed by atoms with Crippen LogP contribution in [0.4, 0.5) is 0 Å². The summed E-state index contributed by atoms with van der Waals surface area (Å²) in [5.74, 6) is 0.419. The smallest absolute Gasteiger partial charge is 0.330 e. The zero-order chi connectivity index (χ0) is 17.7. The van der Waals surface area contributed by atoms with Crippen molar-refractivity contribution in [2.75, 3.05) is 13.7 Å². The molecule has 1 aliphatic heterocycles. The fourth-order valence-corrected chi connectivity index (χ4v) is 3.47. The van der Waals surface area contributed by atoms with E-state index in [1.807, 2.05) is 18.2 Å². The lowest BCUT2D eigenvalue weighted by atomic mass is 9.95. The molecule has 4 N–H and O–H groups in total. The second-order valence-corrected chi connectivity index (χ2v) is 6.12. The molecule has 2 aromatic heterocycles. The van der Waals surface area contributed by atoms with Gasteiger partial charge < -0.3 is 20.1 Å². The molecule has 1 unspecified atom stereocenters. The van der Waals surface area contributed by atoms with Gasteiger partial charge in [-0.05, 0) is 30.2 Å². The minimum absolute atomic E-state index is 0.126. The van der Waals surface area contributed by atoms with Crippen molar-refractivity contribution in [2.24, 2.45) is 7.05 Å². The Morgan fingerprint density at radius 3 is 2.84 bits per heavy atom. The third-order valence-corrected chi connectivity index (χ3v) is 4.78. The number of rotatable bonds is 2. The van der Waals surface area contributed by atoms with Gasteiger partial charge in [0.1, 0.15) is 11.3 Å². The van der Waals surface area contributed by atoms with Crippen LogP contribution >= 0.6 is 0 Å². The molecule has 8 nitrogen and oxygen atoms in total. The number of hydrogen-bond acceptors (Lipinski definition) is 5. The molecule has 8 heteroatoms. The lowest BCUT2D eigenvalue weighted by Gasteiger charge is -2.25. The van der Waals surface area contributed by atoms with Gasteiger partial charge in [-0.3, -0.25) is 14.3 Å². The third-order valence-electron chi connectivity index (χ3n) is 4.78. The number of methoxy groups -OCH3 is 1. The Bertz CT molecular complexity index is 1090. The number of H-pyrrole nitrogens is 2. The summed E-state index contributed by atoms with van der Waals surface area (Å²) in [7, 11) is 3.03. The largest absolute Gasteiger partial charge is 0.497 e. The highest BCUT2D eigenvalue weighted by Crippen LogP contribution is 2.35. The van der Waals surface area contributed by atoms with Crippen LogP contribution in [0, 0.1) is 0 Å². The van der Waals surface area contributed by atoms with Gasteiger partial charge in [-0.1, -0.05) is 0 Å². The van der Waals surface area contributed by atoms with Crippen molar-refractivity contribution in [2.45, 2.75) is 12.5 Å². The molecule has 0 spiro atoms. The highest BCUT2D eigenvalue weighted by molar-refractivity contribution is 5.86. The monoisotopic (exact) mass is 342 g/mol. The normalized spacial score (nSPS) is 16.8. The molecule has 0 bridgehead atoms. The van der Waals surface area contributed by atoms with Gasteiger partial charge in [0.15, 0.2) is 0 Å². The van der Waals surface area contributed by atoms with E-state index in [4.69, 9.17) is 4.74 Å². The molecule has 130 valence electrons. The van der Waals surface area contributed by atoms with E-state index in [0.717, 1.165) is 38.9 Å². The number of aromatic hydroxyl groups is 1. The maximum atomic E-state index is 12.3. The highest BCUT2D eigenvalue weighted by Gasteiger charge is 2.30. The second-order valence-electron chi connectivity index (χ2n) is 6.12. The SMILES string of the molecule is COc1ccc2[nH]c3c(c2c1)CCNC3c1c(O)n(C)c(=O)[nH]c1=O. The predicted molar refractivity (Wildman–Crippen MR) is 92.4 cm³/mol. The number of nitrogens with zero attached hydrogens (tertiary/aromatic N) is 1. The quantitative estimate of drug-likeness (QED) is 0.542. The van der Waals surface area contributed by atoms with Crippen molar-refractivity contribution in [1.29, 1.82) is 0 Å². The molecular weight excluding hydrogens is 324 g/mol. The maximum Gasteiger partial charge on any atom is 0.330 e. The number of hydrogen-bond donors (Lipinski definition) is 4. The molecule has 25 heavy (non-hydrogen) atoms. The Morgan fingerprint density at radius 1 is 1.28 bits per heavy atom. The molecule has 0 saturated carbocycles. The van der Waals surface area contributed by atoms with E-state index in [1.165, 1.54) is 7.05 Å². The third kappa shape index (κ3) is 2.25.